The van der Waals surface area contributed by atoms with Crippen molar-refractivity contribution in [1.82, 2.24) is 0 Å². The molecule has 0 aliphatic carbocycles. The van der Waals surface area contributed by atoms with E-state index in [1.54, 1.807) is 12.1 Å². The number of nitro groups is 1. The van der Waals surface area contributed by atoms with Gasteiger partial charge in [-0.05, 0) is 25.2 Å². The summed E-state index contributed by atoms with van der Waals surface area (Å²) >= 11 is 0. The second-order valence-corrected chi connectivity index (χ2v) is 9.12. The average molecular weight is 253 g/mol. The van der Waals surface area contributed by atoms with Crippen molar-refractivity contribution in [2.75, 3.05) is 0 Å². The van der Waals surface area contributed by atoms with Crippen LogP contribution in [0.1, 0.15) is 5.56 Å². The Balaban J connectivity index is 2.72. The van der Waals surface area contributed by atoms with Crippen LogP contribution < -0.4 is 0 Å². The van der Waals surface area contributed by atoms with E-state index in [-0.39, 0.29) is 18.1 Å². The summed E-state index contributed by atoms with van der Waals surface area (Å²) in [5.41, 5.74) is 0.589. The lowest BCUT2D eigenvalue weighted by Crippen LogP contribution is -2.29. The molecular weight excluding hydrogens is 238 g/mol. The molecule has 0 radical (unpaired) electrons. The molecule has 0 saturated heterocycles. The molecule has 0 aliphatic rings. The summed E-state index contributed by atoms with van der Waals surface area (Å²) in [6.45, 7) is 5.75. The monoisotopic (exact) mass is 253 g/mol. The summed E-state index contributed by atoms with van der Waals surface area (Å²) in [5, 5.41) is 10.6. The minimum absolute atomic E-state index is 0.0108. The molecule has 0 bridgehead atoms. The lowest BCUT2D eigenvalue weighted by Gasteiger charge is -2.17. The van der Waals surface area contributed by atoms with Gasteiger partial charge in [0.05, 0.1) is 11.3 Å². The van der Waals surface area contributed by atoms with Gasteiger partial charge in [-0.3, -0.25) is 14.9 Å². The molecule has 0 saturated carbocycles. The first-order chi connectivity index (χ1) is 7.78. The SMILES string of the molecule is C[Si](C)(C)OC(=O)Cc1cccc([N+](=O)[O-])c1. The van der Waals surface area contributed by atoms with Crippen LogP contribution in [0.3, 0.4) is 0 Å². The largest absolute Gasteiger partial charge is 0.520 e. The first-order valence-corrected chi connectivity index (χ1v) is 8.64. The van der Waals surface area contributed by atoms with Crippen molar-refractivity contribution in [3.05, 3.63) is 39.9 Å². The van der Waals surface area contributed by atoms with Crippen LogP contribution in [0.15, 0.2) is 24.3 Å². The topological polar surface area (TPSA) is 69.4 Å². The predicted molar refractivity (Wildman–Crippen MR) is 66.2 cm³/mol. The smallest absolute Gasteiger partial charge is 0.296 e. The number of benzene rings is 1. The van der Waals surface area contributed by atoms with E-state index in [0.29, 0.717) is 5.56 Å². The highest BCUT2D eigenvalue weighted by molar-refractivity contribution is 6.71. The van der Waals surface area contributed by atoms with E-state index in [9.17, 15) is 14.9 Å². The van der Waals surface area contributed by atoms with Gasteiger partial charge in [0.1, 0.15) is 0 Å². The number of carbonyl (C=O) groups excluding carboxylic acids is 1. The first-order valence-electron chi connectivity index (χ1n) is 5.23. The van der Waals surface area contributed by atoms with Crippen LogP contribution in [0.5, 0.6) is 0 Å². The summed E-state index contributed by atoms with van der Waals surface area (Å²) in [6.07, 6.45) is 0.0753. The molecule has 0 unspecified atom stereocenters. The molecule has 5 nitrogen and oxygen atoms in total. The third kappa shape index (κ3) is 4.77. The number of hydrogen-bond donors (Lipinski definition) is 0. The Morgan fingerprint density at radius 3 is 2.59 bits per heavy atom. The third-order valence-electron chi connectivity index (χ3n) is 1.89. The molecule has 6 heteroatoms. The van der Waals surface area contributed by atoms with Crippen LogP contribution in [0, 0.1) is 10.1 Å². The van der Waals surface area contributed by atoms with Crippen molar-refractivity contribution in [2.24, 2.45) is 0 Å². The van der Waals surface area contributed by atoms with Crippen LogP contribution in [0.25, 0.3) is 0 Å². The number of nitrogens with zero attached hydrogens (tertiary/aromatic N) is 1. The number of nitro benzene ring substituents is 1. The van der Waals surface area contributed by atoms with Gasteiger partial charge < -0.3 is 4.43 Å². The molecule has 1 rings (SSSR count). The molecule has 1 aromatic rings. The minimum atomic E-state index is -1.89. The van der Waals surface area contributed by atoms with E-state index < -0.39 is 13.2 Å². The van der Waals surface area contributed by atoms with E-state index in [4.69, 9.17) is 4.43 Å². The molecule has 0 N–H and O–H groups in total. The first kappa shape index (κ1) is 13.4. The van der Waals surface area contributed by atoms with E-state index in [2.05, 4.69) is 0 Å². The van der Waals surface area contributed by atoms with Gasteiger partial charge >= 0.3 is 0 Å². The molecule has 0 fully saturated rings. The number of carbonyl (C=O) groups is 1. The molecule has 92 valence electrons. The van der Waals surface area contributed by atoms with Gasteiger partial charge in [0.2, 0.25) is 8.32 Å². The average Bonchev–Trinajstić information content (AvgIpc) is 2.14. The maximum Gasteiger partial charge on any atom is 0.296 e. The van der Waals surface area contributed by atoms with Gasteiger partial charge in [0.25, 0.3) is 11.7 Å². The molecule has 0 heterocycles. The summed E-state index contributed by atoms with van der Waals surface area (Å²) in [5.74, 6) is -0.329. The van der Waals surface area contributed by atoms with Crippen LogP contribution in [-0.4, -0.2) is 19.2 Å². The van der Waals surface area contributed by atoms with Crippen molar-refractivity contribution >= 4 is 20.0 Å². The quantitative estimate of drug-likeness (QED) is 0.469. The van der Waals surface area contributed by atoms with Crippen LogP contribution in [0.4, 0.5) is 5.69 Å². The summed E-state index contributed by atoms with van der Waals surface area (Å²) < 4.78 is 5.27. The maximum absolute atomic E-state index is 11.6. The Bertz CT molecular complexity index is 439. The molecule has 1 aromatic carbocycles. The number of non-ortho nitro benzene ring substituents is 1. The van der Waals surface area contributed by atoms with E-state index in [1.165, 1.54) is 12.1 Å². The highest BCUT2D eigenvalue weighted by Gasteiger charge is 2.20. The van der Waals surface area contributed by atoms with Gasteiger partial charge in [-0.1, -0.05) is 12.1 Å². The third-order valence-corrected chi connectivity index (χ3v) is 2.73. The second-order valence-electron chi connectivity index (χ2n) is 4.69. The number of hydrogen-bond acceptors (Lipinski definition) is 4. The standard InChI is InChI=1S/C11H15NO4Si/c1-17(2,3)16-11(13)8-9-5-4-6-10(7-9)12(14)15/h4-7H,8H2,1-3H3. The Kier molecular flexibility index (Phi) is 4.00. The molecule has 0 atom stereocenters. The van der Waals surface area contributed by atoms with Crippen molar-refractivity contribution in [2.45, 2.75) is 26.1 Å². The van der Waals surface area contributed by atoms with Crippen molar-refractivity contribution in [3.8, 4) is 0 Å². The zero-order valence-electron chi connectivity index (χ0n) is 10.1. The molecule has 0 amide bonds. The second kappa shape index (κ2) is 5.09. The van der Waals surface area contributed by atoms with Crippen LogP contribution >= 0.6 is 0 Å². The molecule has 0 spiro atoms. The van der Waals surface area contributed by atoms with Crippen molar-refractivity contribution in [1.29, 1.82) is 0 Å². The van der Waals surface area contributed by atoms with Gasteiger partial charge in [-0.25, -0.2) is 0 Å². The highest BCUT2D eigenvalue weighted by Crippen LogP contribution is 2.14. The van der Waals surface area contributed by atoms with Crippen LogP contribution in [0.2, 0.25) is 19.6 Å². The number of rotatable bonds is 4. The van der Waals surface area contributed by atoms with Gasteiger partial charge in [-0.15, -0.1) is 0 Å². The fourth-order valence-electron chi connectivity index (χ4n) is 1.32. The Morgan fingerprint density at radius 1 is 1.41 bits per heavy atom. The van der Waals surface area contributed by atoms with Crippen molar-refractivity contribution < 1.29 is 14.1 Å². The van der Waals surface area contributed by atoms with E-state index in [1.807, 2.05) is 19.6 Å². The zero-order chi connectivity index (χ0) is 13.1. The van der Waals surface area contributed by atoms with Gasteiger partial charge in [-0.2, -0.15) is 0 Å². The summed E-state index contributed by atoms with van der Waals surface area (Å²) in [6, 6.07) is 6.03. The normalized spacial score (nSPS) is 11.0. The Hall–Kier alpha value is -1.69. The van der Waals surface area contributed by atoms with Gasteiger partial charge in [0.15, 0.2) is 0 Å². The van der Waals surface area contributed by atoms with E-state index in [0.717, 1.165) is 0 Å². The molecule has 0 aromatic heterocycles. The highest BCUT2D eigenvalue weighted by atomic mass is 28.4. The lowest BCUT2D eigenvalue weighted by molar-refractivity contribution is -0.384. The zero-order valence-corrected chi connectivity index (χ0v) is 11.1. The molecular formula is C11H15NO4Si. The summed E-state index contributed by atoms with van der Waals surface area (Å²) in [7, 11) is -1.89. The summed E-state index contributed by atoms with van der Waals surface area (Å²) in [4.78, 5) is 21.6. The maximum atomic E-state index is 11.6. The molecule has 0 aliphatic heterocycles. The van der Waals surface area contributed by atoms with E-state index >= 15 is 0 Å². The van der Waals surface area contributed by atoms with Gasteiger partial charge in [0, 0.05) is 12.1 Å². The fraction of sp³-hybridized carbons (Fsp3) is 0.364. The van der Waals surface area contributed by atoms with Crippen molar-refractivity contribution in [3.63, 3.8) is 0 Å². The molecule has 17 heavy (non-hydrogen) atoms. The minimum Gasteiger partial charge on any atom is -0.520 e. The predicted octanol–water partition coefficient (Wildman–Crippen LogP) is 2.52. The van der Waals surface area contributed by atoms with Crippen LogP contribution in [-0.2, 0) is 15.6 Å². The fourth-order valence-corrected chi connectivity index (χ4v) is 2.08. The Labute approximate surface area is 101 Å². The Morgan fingerprint density at radius 2 is 2.06 bits per heavy atom. The lowest BCUT2D eigenvalue weighted by atomic mass is 10.1.